The van der Waals surface area contributed by atoms with Crippen LogP contribution in [0.5, 0.6) is 5.75 Å². The Labute approximate surface area is 100.0 Å². The van der Waals surface area contributed by atoms with Crippen molar-refractivity contribution in [1.29, 1.82) is 0 Å². The molecule has 2 rings (SSSR count). The maximum atomic E-state index is 11.0. The predicted molar refractivity (Wildman–Crippen MR) is 64.4 cm³/mol. The molecule has 17 heavy (non-hydrogen) atoms. The normalized spacial score (nSPS) is 14.2. The SMILES string of the molecule is CC(=O)Nc1cc(C=O)cc(OCC2CC2)c1. The summed E-state index contributed by atoms with van der Waals surface area (Å²) in [5.41, 5.74) is 1.09. The van der Waals surface area contributed by atoms with Gasteiger partial charge in [0.1, 0.15) is 12.0 Å². The Balaban J connectivity index is 2.11. The van der Waals surface area contributed by atoms with Crippen molar-refractivity contribution < 1.29 is 14.3 Å². The molecule has 1 aliphatic rings. The van der Waals surface area contributed by atoms with E-state index in [2.05, 4.69) is 5.32 Å². The fourth-order valence-electron chi connectivity index (χ4n) is 1.55. The largest absolute Gasteiger partial charge is 0.493 e. The van der Waals surface area contributed by atoms with Crippen molar-refractivity contribution in [2.45, 2.75) is 19.8 Å². The molecule has 0 bridgehead atoms. The van der Waals surface area contributed by atoms with Gasteiger partial charge in [-0.05, 0) is 30.9 Å². The molecule has 1 aliphatic carbocycles. The minimum atomic E-state index is -0.166. The Morgan fingerprint density at radius 2 is 2.24 bits per heavy atom. The van der Waals surface area contributed by atoms with Gasteiger partial charge in [0.15, 0.2) is 0 Å². The van der Waals surface area contributed by atoms with Crippen LogP contribution in [0.2, 0.25) is 0 Å². The minimum absolute atomic E-state index is 0.166. The summed E-state index contributed by atoms with van der Waals surface area (Å²) < 4.78 is 5.58. The molecule has 1 aromatic carbocycles. The lowest BCUT2D eigenvalue weighted by Crippen LogP contribution is -2.07. The highest BCUT2D eigenvalue weighted by molar-refractivity contribution is 5.90. The second-order valence-corrected chi connectivity index (χ2v) is 4.34. The predicted octanol–water partition coefficient (Wildman–Crippen LogP) is 2.25. The molecule has 0 spiro atoms. The molecule has 1 saturated carbocycles. The molecule has 90 valence electrons. The van der Waals surface area contributed by atoms with E-state index < -0.39 is 0 Å². The minimum Gasteiger partial charge on any atom is -0.493 e. The zero-order valence-corrected chi connectivity index (χ0v) is 9.73. The summed E-state index contributed by atoms with van der Waals surface area (Å²) >= 11 is 0. The molecule has 1 aromatic rings. The Hall–Kier alpha value is -1.84. The van der Waals surface area contributed by atoms with Crippen molar-refractivity contribution in [1.82, 2.24) is 0 Å². The molecule has 1 fully saturated rings. The van der Waals surface area contributed by atoms with E-state index >= 15 is 0 Å². The third kappa shape index (κ3) is 3.59. The van der Waals surface area contributed by atoms with Crippen LogP contribution in [0.3, 0.4) is 0 Å². The van der Waals surface area contributed by atoms with Gasteiger partial charge in [0.05, 0.1) is 6.61 Å². The van der Waals surface area contributed by atoms with E-state index in [1.54, 1.807) is 18.2 Å². The van der Waals surface area contributed by atoms with Crippen molar-refractivity contribution in [3.05, 3.63) is 23.8 Å². The monoisotopic (exact) mass is 233 g/mol. The Kier molecular flexibility index (Phi) is 3.42. The van der Waals surface area contributed by atoms with Gasteiger partial charge in [0.25, 0.3) is 0 Å². The van der Waals surface area contributed by atoms with Gasteiger partial charge in [-0.25, -0.2) is 0 Å². The first-order valence-corrected chi connectivity index (χ1v) is 5.68. The van der Waals surface area contributed by atoms with E-state index in [4.69, 9.17) is 4.74 Å². The van der Waals surface area contributed by atoms with Crippen molar-refractivity contribution in [3.8, 4) is 5.75 Å². The van der Waals surface area contributed by atoms with Gasteiger partial charge in [-0.2, -0.15) is 0 Å². The molecule has 4 nitrogen and oxygen atoms in total. The van der Waals surface area contributed by atoms with Crippen LogP contribution in [0.15, 0.2) is 18.2 Å². The molecule has 0 atom stereocenters. The molecule has 0 unspecified atom stereocenters. The molecule has 1 amide bonds. The van der Waals surface area contributed by atoms with Gasteiger partial charge >= 0.3 is 0 Å². The number of anilines is 1. The first kappa shape index (κ1) is 11.6. The van der Waals surface area contributed by atoms with Crippen LogP contribution in [0.25, 0.3) is 0 Å². The Bertz CT molecular complexity index is 438. The summed E-state index contributed by atoms with van der Waals surface area (Å²) in [6.45, 7) is 2.11. The number of amides is 1. The molecular weight excluding hydrogens is 218 g/mol. The summed E-state index contributed by atoms with van der Waals surface area (Å²) in [6.07, 6.45) is 3.17. The average molecular weight is 233 g/mol. The Morgan fingerprint density at radius 3 is 2.82 bits per heavy atom. The number of hydrogen-bond donors (Lipinski definition) is 1. The van der Waals surface area contributed by atoms with Gasteiger partial charge in [-0.3, -0.25) is 9.59 Å². The third-order valence-corrected chi connectivity index (χ3v) is 2.57. The number of rotatable bonds is 5. The van der Waals surface area contributed by atoms with Crippen molar-refractivity contribution in [3.63, 3.8) is 0 Å². The van der Waals surface area contributed by atoms with Crippen molar-refractivity contribution in [2.24, 2.45) is 5.92 Å². The number of ether oxygens (including phenoxy) is 1. The maximum Gasteiger partial charge on any atom is 0.221 e. The van der Waals surface area contributed by atoms with Crippen LogP contribution in [-0.4, -0.2) is 18.8 Å². The molecule has 0 saturated heterocycles. The number of nitrogens with one attached hydrogen (secondary N) is 1. The fraction of sp³-hybridized carbons (Fsp3) is 0.385. The summed E-state index contributed by atoms with van der Waals surface area (Å²) in [5, 5.41) is 2.65. The zero-order chi connectivity index (χ0) is 12.3. The van der Waals surface area contributed by atoms with Gasteiger partial charge in [0, 0.05) is 24.2 Å². The first-order valence-electron chi connectivity index (χ1n) is 5.68. The van der Waals surface area contributed by atoms with E-state index in [-0.39, 0.29) is 5.91 Å². The molecule has 0 aromatic heterocycles. The average Bonchev–Trinajstić information content (AvgIpc) is 3.09. The number of benzene rings is 1. The molecule has 0 heterocycles. The highest BCUT2D eigenvalue weighted by atomic mass is 16.5. The van der Waals surface area contributed by atoms with E-state index in [9.17, 15) is 9.59 Å². The zero-order valence-electron chi connectivity index (χ0n) is 9.73. The highest BCUT2D eigenvalue weighted by Crippen LogP contribution is 2.30. The lowest BCUT2D eigenvalue weighted by Gasteiger charge is -2.09. The van der Waals surface area contributed by atoms with Crippen molar-refractivity contribution >= 4 is 17.9 Å². The van der Waals surface area contributed by atoms with Gasteiger partial charge in [0.2, 0.25) is 5.91 Å². The lowest BCUT2D eigenvalue weighted by atomic mass is 10.2. The topological polar surface area (TPSA) is 55.4 Å². The first-order chi connectivity index (χ1) is 8.17. The number of aldehydes is 1. The van der Waals surface area contributed by atoms with E-state index in [0.717, 1.165) is 6.29 Å². The number of carbonyl (C=O) groups excluding carboxylic acids is 2. The maximum absolute atomic E-state index is 11.0. The van der Waals surface area contributed by atoms with E-state index in [1.165, 1.54) is 19.8 Å². The third-order valence-electron chi connectivity index (χ3n) is 2.57. The van der Waals surface area contributed by atoms with Gasteiger partial charge in [-0.1, -0.05) is 0 Å². The van der Waals surface area contributed by atoms with Crippen LogP contribution in [0.4, 0.5) is 5.69 Å². The molecule has 0 aliphatic heterocycles. The smallest absolute Gasteiger partial charge is 0.221 e. The summed E-state index contributed by atoms with van der Waals surface area (Å²) in [4.78, 5) is 21.7. The number of hydrogen-bond acceptors (Lipinski definition) is 3. The van der Waals surface area contributed by atoms with E-state index in [1.807, 2.05) is 0 Å². The molecular formula is C13H15NO3. The van der Waals surface area contributed by atoms with Crippen LogP contribution in [0.1, 0.15) is 30.1 Å². The summed E-state index contributed by atoms with van der Waals surface area (Å²) in [7, 11) is 0. The lowest BCUT2D eigenvalue weighted by molar-refractivity contribution is -0.114. The summed E-state index contributed by atoms with van der Waals surface area (Å²) in [5.74, 6) is 1.12. The van der Waals surface area contributed by atoms with Crippen LogP contribution >= 0.6 is 0 Å². The van der Waals surface area contributed by atoms with Crippen LogP contribution < -0.4 is 10.1 Å². The summed E-state index contributed by atoms with van der Waals surface area (Å²) in [6, 6.07) is 5.04. The number of carbonyl (C=O) groups is 2. The standard InChI is InChI=1S/C13H15NO3/c1-9(16)14-12-4-11(7-15)5-13(6-12)17-8-10-2-3-10/h4-7,10H,2-3,8H2,1H3,(H,14,16). The molecule has 4 heteroatoms. The van der Waals surface area contributed by atoms with Gasteiger partial charge < -0.3 is 10.1 Å². The van der Waals surface area contributed by atoms with Gasteiger partial charge in [-0.15, -0.1) is 0 Å². The Morgan fingerprint density at radius 1 is 1.47 bits per heavy atom. The quantitative estimate of drug-likeness (QED) is 0.793. The second kappa shape index (κ2) is 4.99. The second-order valence-electron chi connectivity index (χ2n) is 4.34. The van der Waals surface area contributed by atoms with Crippen LogP contribution in [-0.2, 0) is 4.79 Å². The fourth-order valence-corrected chi connectivity index (χ4v) is 1.55. The molecule has 1 N–H and O–H groups in total. The molecule has 0 radical (unpaired) electrons. The highest BCUT2D eigenvalue weighted by Gasteiger charge is 2.22. The van der Waals surface area contributed by atoms with Crippen LogP contribution in [0, 0.1) is 5.92 Å². The van der Waals surface area contributed by atoms with Crippen molar-refractivity contribution in [2.75, 3.05) is 11.9 Å². The van der Waals surface area contributed by atoms with E-state index in [0.29, 0.717) is 29.5 Å².